The second-order valence-electron chi connectivity index (χ2n) is 4.45. The van der Waals surface area contributed by atoms with Crippen molar-refractivity contribution in [2.24, 2.45) is 17.3 Å². The quantitative estimate of drug-likeness (QED) is 0.409. The van der Waals surface area contributed by atoms with Gasteiger partial charge in [-0.3, -0.25) is 0 Å². The van der Waals surface area contributed by atoms with Crippen LogP contribution in [0.15, 0.2) is 0 Å². The third kappa shape index (κ3) is 3.46. The van der Waals surface area contributed by atoms with E-state index in [1.165, 1.54) is 13.8 Å². The zero-order valence-corrected chi connectivity index (χ0v) is 11.0. The van der Waals surface area contributed by atoms with Crippen LogP contribution in [0.3, 0.4) is 0 Å². The van der Waals surface area contributed by atoms with Crippen LogP contribution in [0.4, 0.5) is 0 Å². The van der Waals surface area contributed by atoms with E-state index >= 15 is 0 Å². The van der Waals surface area contributed by atoms with Crippen molar-refractivity contribution in [1.82, 2.24) is 0 Å². The van der Waals surface area contributed by atoms with Crippen LogP contribution in [0, 0.1) is 17.3 Å². The molecule has 0 aromatic heterocycles. The molecule has 0 rings (SSSR count). The van der Waals surface area contributed by atoms with Gasteiger partial charge in [0.1, 0.15) is 0 Å². The fourth-order valence-electron chi connectivity index (χ4n) is 2.40. The lowest BCUT2D eigenvalue weighted by molar-refractivity contribution is -0.346. The van der Waals surface area contributed by atoms with Gasteiger partial charge in [-0.15, -0.1) is 0 Å². The highest BCUT2D eigenvalue weighted by atomic mass is 16.4. The molecule has 0 fully saturated rings. The van der Waals surface area contributed by atoms with Crippen LogP contribution in [0.2, 0.25) is 0 Å². The number of carboxylic acid groups (broad SMARTS) is 4. The van der Waals surface area contributed by atoms with Crippen LogP contribution in [0.1, 0.15) is 33.1 Å². The van der Waals surface area contributed by atoms with E-state index in [9.17, 15) is 39.6 Å². The van der Waals surface area contributed by atoms with E-state index < -0.39 is 47.5 Å². The minimum absolute atomic E-state index is 0.263. The fourth-order valence-corrected chi connectivity index (χ4v) is 2.40. The zero-order valence-electron chi connectivity index (χ0n) is 11.0. The summed E-state index contributed by atoms with van der Waals surface area (Å²) >= 11 is 0. The Labute approximate surface area is 115 Å². The Morgan fingerprint density at radius 1 is 0.900 bits per heavy atom. The van der Waals surface area contributed by atoms with E-state index in [0.29, 0.717) is 0 Å². The molecule has 0 N–H and O–H groups in total. The van der Waals surface area contributed by atoms with Crippen molar-refractivity contribution in [1.29, 1.82) is 0 Å². The number of hydrogen-bond donors (Lipinski definition) is 0. The summed E-state index contributed by atoms with van der Waals surface area (Å²) in [5.74, 6) is -11.7. The predicted molar refractivity (Wildman–Crippen MR) is 54.6 cm³/mol. The molecule has 20 heavy (non-hydrogen) atoms. The lowest BCUT2D eigenvalue weighted by Crippen LogP contribution is -2.58. The summed E-state index contributed by atoms with van der Waals surface area (Å²) in [5, 5.41) is 44.0. The second kappa shape index (κ2) is 6.88. The monoisotopic (exact) mass is 286 g/mol. The van der Waals surface area contributed by atoms with Crippen LogP contribution in [-0.4, -0.2) is 23.9 Å². The SMILES string of the molecule is CCC(CC)(C(=O)[O-])C(C(=O)[O-])C(CC(=O)[O-])C(=O)[O-]. The van der Waals surface area contributed by atoms with E-state index in [2.05, 4.69) is 0 Å². The Bertz CT molecular complexity index is 410. The highest BCUT2D eigenvalue weighted by molar-refractivity contribution is 5.87. The Morgan fingerprint density at radius 3 is 1.55 bits per heavy atom. The number of carbonyl (C=O) groups excluding carboxylic acids is 4. The van der Waals surface area contributed by atoms with Gasteiger partial charge in [0.25, 0.3) is 0 Å². The molecule has 2 atom stereocenters. The zero-order chi connectivity index (χ0) is 16.1. The van der Waals surface area contributed by atoms with E-state index in [0.717, 1.165) is 0 Å². The van der Waals surface area contributed by atoms with Gasteiger partial charge >= 0.3 is 0 Å². The third-order valence-electron chi connectivity index (χ3n) is 3.61. The Hall–Kier alpha value is -2.12. The highest BCUT2D eigenvalue weighted by Gasteiger charge is 2.43. The van der Waals surface area contributed by atoms with Crippen LogP contribution in [0.25, 0.3) is 0 Å². The Kier molecular flexibility index (Phi) is 6.15. The standard InChI is InChI=1S/C12H18O8/c1-3-12(4-2,11(19)20)8(10(17)18)6(9(15)16)5-7(13)14/h6,8H,3-5H2,1-2H3,(H,13,14)(H,15,16)(H,17,18)(H,19,20)/p-4. The number of hydrogen-bond acceptors (Lipinski definition) is 8. The molecular formula is C12H14O8-4. The fraction of sp³-hybridized carbons (Fsp3) is 0.667. The number of rotatable bonds is 9. The molecule has 0 aliphatic heterocycles. The lowest BCUT2D eigenvalue weighted by Gasteiger charge is -2.45. The van der Waals surface area contributed by atoms with Crippen LogP contribution < -0.4 is 20.4 Å². The third-order valence-corrected chi connectivity index (χ3v) is 3.61. The first kappa shape index (κ1) is 17.9. The van der Waals surface area contributed by atoms with Crippen molar-refractivity contribution in [3.05, 3.63) is 0 Å². The number of aliphatic carboxylic acids is 4. The first-order chi connectivity index (χ1) is 9.13. The minimum atomic E-state index is -2.09. The molecule has 0 bridgehead atoms. The molecule has 0 aromatic rings. The van der Waals surface area contributed by atoms with Gasteiger partial charge in [-0.2, -0.15) is 0 Å². The summed E-state index contributed by atoms with van der Waals surface area (Å²) in [6.07, 6.45) is -1.71. The molecule has 0 aliphatic carbocycles. The maximum atomic E-state index is 11.3. The van der Waals surface area contributed by atoms with Crippen molar-refractivity contribution in [3.8, 4) is 0 Å². The smallest absolute Gasteiger partial charge is 0.0482 e. The van der Waals surface area contributed by atoms with Crippen molar-refractivity contribution in [2.45, 2.75) is 33.1 Å². The van der Waals surface area contributed by atoms with Gasteiger partial charge in [-0.25, -0.2) is 0 Å². The molecule has 0 saturated heterocycles. The molecule has 0 saturated carbocycles. The normalized spacial score (nSPS) is 14.3. The molecule has 8 nitrogen and oxygen atoms in total. The largest absolute Gasteiger partial charge is 0.550 e. The first-order valence-corrected chi connectivity index (χ1v) is 5.97. The second-order valence-corrected chi connectivity index (χ2v) is 4.45. The van der Waals surface area contributed by atoms with Crippen LogP contribution in [-0.2, 0) is 19.2 Å². The molecular weight excluding hydrogens is 272 g/mol. The van der Waals surface area contributed by atoms with E-state index in [1.54, 1.807) is 0 Å². The maximum Gasteiger partial charge on any atom is 0.0482 e. The minimum Gasteiger partial charge on any atom is -0.550 e. The average Bonchev–Trinajstić information content (AvgIpc) is 2.32. The maximum absolute atomic E-state index is 11.3. The van der Waals surface area contributed by atoms with Crippen LogP contribution >= 0.6 is 0 Å². The summed E-state index contributed by atoms with van der Waals surface area (Å²) in [7, 11) is 0. The Morgan fingerprint density at radius 2 is 1.35 bits per heavy atom. The molecule has 8 heteroatoms. The Balaban J connectivity index is 5.92. The van der Waals surface area contributed by atoms with Crippen LogP contribution in [0.5, 0.6) is 0 Å². The van der Waals surface area contributed by atoms with Gasteiger partial charge in [0.2, 0.25) is 0 Å². The van der Waals surface area contributed by atoms with E-state index in [-0.39, 0.29) is 12.8 Å². The van der Waals surface area contributed by atoms with Gasteiger partial charge < -0.3 is 39.6 Å². The predicted octanol–water partition coefficient (Wildman–Crippen LogP) is -4.59. The summed E-state index contributed by atoms with van der Waals surface area (Å²) in [6.45, 7) is 2.67. The summed E-state index contributed by atoms with van der Waals surface area (Å²) in [5.41, 5.74) is -2.06. The summed E-state index contributed by atoms with van der Waals surface area (Å²) < 4.78 is 0. The van der Waals surface area contributed by atoms with Gasteiger partial charge in [-0.05, 0) is 19.3 Å². The van der Waals surface area contributed by atoms with Crippen molar-refractivity contribution < 1.29 is 39.6 Å². The van der Waals surface area contributed by atoms with Gasteiger partial charge in [0.05, 0.1) is 0 Å². The van der Waals surface area contributed by atoms with Crippen molar-refractivity contribution in [3.63, 3.8) is 0 Å². The molecule has 2 unspecified atom stereocenters. The first-order valence-electron chi connectivity index (χ1n) is 5.97. The summed E-state index contributed by atoms with van der Waals surface area (Å²) in [4.78, 5) is 44.0. The molecule has 0 aromatic carbocycles. The van der Waals surface area contributed by atoms with Gasteiger partial charge in [0.15, 0.2) is 0 Å². The topological polar surface area (TPSA) is 161 Å². The van der Waals surface area contributed by atoms with E-state index in [4.69, 9.17) is 0 Å². The number of carbonyl (C=O) groups is 4. The highest BCUT2D eigenvalue weighted by Crippen LogP contribution is 2.40. The number of carboxylic acids is 4. The molecule has 114 valence electrons. The molecule has 0 amide bonds. The van der Waals surface area contributed by atoms with Crippen molar-refractivity contribution >= 4 is 23.9 Å². The average molecular weight is 286 g/mol. The van der Waals surface area contributed by atoms with Gasteiger partial charge in [-0.1, -0.05) is 13.8 Å². The van der Waals surface area contributed by atoms with E-state index in [1.807, 2.05) is 0 Å². The van der Waals surface area contributed by atoms with Crippen molar-refractivity contribution in [2.75, 3.05) is 0 Å². The lowest BCUT2D eigenvalue weighted by atomic mass is 9.65. The van der Waals surface area contributed by atoms with Gasteiger partial charge in [0, 0.05) is 41.1 Å². The summed E-state index contributed by atoms with van der Waals surface area (Å²) in [6, 6.07) is 0. The molecule has 0 radical (unpaired) electrons. The molecule has 0 aliphatic rings. The molecule has 0 spiro atoms. The molecule has 0 heterocycles.